The molecular weight excluding hydrogens is 386 g/mol. The molecule has 0 saturated heterocycles. The van der Waals surface area contributed by atoms with Crippen molar-refractivity contribution in [2.24, 2.45) is 0 Å². The number of anilines is 1. The second-order valence-corrected chi connectivity index (χ2v) is 7.89. The SMILES string of the molecule is Cc1c(Br)cccc1S(=O)(=O)Nc1ccccc1-c1ccccc1. The van der Waals surface area contributed by atoms with Crippen LogP contribution >= 0.6 is 15.9 Å². The Bertz CT molecular complexity index is 970. The summed E-state index contributed by atoms with van der Waals surface area (Å²) in [5.41, 5.74) is 3.04. The predicted molar refractivity (Wildman–Crippen MR) is 102 cm³/mol. The Labute approximate surface area is 150 Å². The molecule has 0 heterocycles. The summed E-state index contributed by atoms with van der Waals surface area (Å²) >= 11 is 3.38. The fourth-order valence-electron chi connectivity index (χ4n) is 2.52. The van der Waals surface area contributed by atoms with Gasteiger partial charge in [-0.2, -0.15) is 0 Å². The summed E-state index contributed by atoms with van der Waals surface area (Å²) in [5.74, 6) is 0. The van der Waals surface area contributed by atoms with Gasteiger partial charge in [-0.25, -0.2) is 8.42 Å². The van der Waals surface area contributed by atoms with Crippen LogP contribution in [0.15, 0.2) is 82.2 Å². The number of hydrogen-bond donors (Lipinski definition) is 1. The predicted octanol–water partition coefficient (Wildman–Crippen LogP) is 5.23. The van der Waals surface area contributed by atoms with Crippen molar-refractivity contribution in [3.63, 3.8) is 0 Å². The Kier molecular flexibility index (Phi) is 4.73. The fourth-order valence-corrected chi connectivity index (χ4v) is 4.37. The number of halogens is 1. The van der Waals surface area contributed by atoms with E-state index in [1.807, 2.05) is 54.6 Å². The lowest BCUT2D eigenvalue weighted by atomic mass is 10.0. The molecule has 0 aromatic heterocycles. The first kappa shape index (κ1) is 16.7. The largest absolute Gasteiger partial charge is 0.279 e. The summed E-state index contributed by atoms with van der Waals surface area (Å²) < 4.78 is 29.1. The molecule has 0 unspecified atom stereocenters. The van der Waals surface area contributed by atoms with Crippen LogP contribution in [0.2, 0.25) is 0 Å². The first-order valence-electron chi connectivity index (χ1n) is 7.41. The van der Waals surface area contributed by atoms with Gasteiger partial charge in [0.25, 0.3) is 10.0 Å². The molecule has 0 aliphatic carbocycles. The minimum absolute atomic E-state index is 0.264. The highest BCUT2D eigenvalue weighted by Gasteiger charge is 2.19. The maximum Gasteiger partial charge on any atom is 0.262 e. The molecule has 0 amide bonds. The minimum atomic E-state index is -3.68. The van der Waals surface area contributed by atoms with Gasteiger partial charge < -0.3 is 0 Å². The van der Waals surface area contributed by atoms with Gasteiger partial charge in [-0.1, -0.05) is 70.5 Å². The Balaban J connectivity index is 2.05. The van der Waals surface area contributed by atoms with Crippen molar-refractivity contribution < 1.29 is 8.42 Å². The summed E-state index contributed by atoms with van der Waals surface area (Å²) in [6, 6.07) is 22.2. The van der Waals surface area contributed by atoms with Crippen LogP contribution in [0.4, 0.5) is 5.69 Å². The molecule has 24 heavy (non-hydrogen) atoms. The molecule has 3 aromatic rings. The first-order valence-corrected chi connectivity index (χ1v) is 9.69. The van der Waals surface area contributed by atoms with Gasteiger partial charge in [0, 0.05) is 10.0 Å². The number of para-hydroxylation sites is 1. The third kappa shape index (κ3) is 3.37. The Hall–Kier alpha value is -2.11. The molecule has 1 N–H and O–H groups in total. The topological polar surface area (TPSA) is 46.2 Å². The number of nitrogens with one attached hydrogen (secondary N) is 1. The molecule has 0 bridgehead atoms. The molecular formula is C19H16BrNO2S. The highest BCUT2D eigenvalue weighted by atomic mass is 79.9. The van der Waals surface area contributed by atoms with E-state index in [2.05, 4.69) is 20.7 Å². The van der Waals surface area contributed by atoms with E-state index in [4.69, 9.17) is 0 Å². The summed E-state index contributed by atoms with van der Waals surface area (Å²) in [6.45, 7) is 1.78. The molecule has 3 aromatic carbocycles. The van der Waals surface area contributed by atoms with E-state index in [1.54, 1.807) is 25.1 Å². The van der Waals surface area contributed by atoms with Gasteiger partial charge in [0.05, 0.1) is 10.6 Å². The van der Waals surface area contributed by atoms with Crippen molar-refractivity contribution in [2.45, 2.75) is 11.8 Å². The molecule has 0 aliphatic rings. The van der Waals surface area contributed by atoms with Crippen molar-refractivity contribution in [2.75, 3.05) is 4.72 Å². The Morgan fingerprint density at radius 2 is 1.50 bits per heavy atom. The molecule has 0 aliphatic heterocycles. The van der Waals surface area contributed by atoms with Gasteiger partial charge in [-0.3, -0.25) is 4.72 Å². The van der Waals surface area contributed by atoms with Crippen LogP contribution in [0.1, 0.15) is 5.56 Å². The molecule has 0 radical (unpaired) electrons. The highest BCUT2D eigenvalue weighted by Crippen LogP contribution is 2.31. The van der Waals surface area contributed by atoms with Crippen LogP contribution in [0.3, 0.4) is 0 Å². The lowest BCUT2D eigenvalue weighted by Crippen LogP contribution is -2.15. The van der Waals surface area contributed by atoms with E-state index in [1.165, 1.54) is 0 Å². The van der Waals surface area contributed by atoms with Gasteiger partial charge in [0.15, 0.2) is 0 Å². The summed E-state index contributed by atoms with van der Waals surface area (Å²) in [6.07, 6.45) is 0. The lowest BCUT2D eigenvalue weighted by molar-refractivity contribution is 0.600. The molecule has 0 saturated carbocycles. The number of benzene rings is 3. The maximum absolute atomic E-state index is 12.8. The molecule has 3 rings (SSSR count). The van der Waals surface area contributed by atoms with Crippen molar-refractivity contribution in [1.29, 1.82) is 0 Å². The average molecular weight is 402 g/mol. The summed E-state index contributed by atoms with van der Waals surface area (Å²) in [5, 5.41) is 0. The molecule has 122 valence electrons. The molecule has 0 atom stereocenters. The average Bonchev–Trinajstić information content (AvgIpc) is 2.58. The van der Waals surface area contributed by atoms with E-state index in [-0.39, 0.29) is 4.90 Å². The zero-order valence-corrected chi connectivity index (χ0v) is 15.4. The third-order valence-electron chi connectivity index (χ3n) is 3.76. The third-order valence-corrected chi connectivity index (χ3v) is 6.13. The monoisotopic (exact) mass is 401 g/mol. The molecule has 3 nitrogen and oxygen atoms in total. The smallest absolute Gasteiger partial charge is 0.262 e. The molecule has 5 heteroatoms. The van der Waals surface area contributed by atoms with E-state index in [0.29, 0.717) is 11.3 Å². The van der Waals surface area contributed by atoms with Crippen LogP contribution in [-0.2, 0) is 10.0 Å². The van der Waals surface area contributed by atoms with Crippen LogP contribution in [0.5, 0.6) is 0 Å². The van der Waals surface area contributed by atoms with Crippen molar-refractivity contribution >= 4 is 31.6 Å². The van der Waals surface area contributed by atoms with Crippen molar-refractivity contribution in [1.82, 2.24) is 0 Å². The van der Waals surface area contributed by atoms with Crippen LogP contribution in [0.25, 0.3) is 11.1 Å². The van der Waals surface area contributed by atoms with Crippen molar-refractivity contribution in [3.8, 4) is 11.1 Å². The summed E-state index contributed by atoms with van der Waals surface area (Å²) in [4.78, 5) is 0.264. The number of hydrogen-bond acceptors (Lipinski definition) is 2. The quantitative estimate of drug-likeness (QED) is 0.650. The maximum atomic E-state index is 12.8. The van der Waals surface area contributed by atoms with E-state index in [0.717, 1.165) is 15.6 Å². The number of sulfonamides is 1. The minimum Gasteiger partial charge on any atom is -0.279 e. The van der Waals surface area contributed by atoms with Gasteiger partial charge in [-0.05, 0) is 36.2 Å². The van der Waals surface area contributed by atoms with E-state index in [9.17, 15) is 8.42 Å². The molecule has 0 spiro atoms. The lowest BCUT2D eigenvalue weighted by Gasteiger charge is -2.14. The van der Waals surface area contributed by atoms with Gasteiger partial charge in [0.2, 0.25) is 0 Å². The first-order chi connectivity index (χ1) is 11.5. The zero-order chi connectivity index (χ0) is 17.2. The zero-order valence-electron chi connectivity index (χ0n) is 13.0. The standard InChI is InChI=1S/C19H16BrNO2S/c1-14-17(20)11-7-13-19(14)24(22,23)21-18-12-6-5-10-16(18)15-8-3-2-4-9-15/h2-13,21H,1H3. The second-order valence-electron chi connectivity index (χ2n) is 5.38. The van der Waals surface area contributed by atoms with E-state index >= 15 is 0 Å². The fraction of sp³-hybridized carbons (Fsp3) is 0.0526. The van der Waals surface area contributed by atoms with Crippen LogP contribution < -0.4 is 4.72 Å². The Morgan fingerprint density at radius 1 is 0.833 bits per heavy atom. The van der Waals surface area contributed by atoms with Crippen LogP contribution in [-0.4, -0.2) is 8.42 Å². The highest BCUT2D eigenvalue weighted by molar-refractivity contribution is 9.10. The van der Waals surface area contributed by atoms with E-state index < -0.39 is 10.0 Å². The normalized spacial score (nSPS) is 11.2. The Morgan fingerprint density at radius 3 is 2.25 bits per heavy atom. The van der Waals surface area contributed by atoms with Crippen LogP contribution in [0, 0.1) is 6.92 Å². The number of rotatable bonds is 4. The van der Waals surface area contributed by atoms with Gasteiger partial charge >= 0.3 is 0 Å². The summed E-state index contributed by atoms with van der Waals surface area (Å²) in [7, 11) is -3.68. The molecule has 0 fully saturated rings. The van der Waals surface area contributed by atoms with Crippen molar-refractivity contribution in [3.05, 3.63) is 82.8 Å². The van der Waals surface area contributed by atoms with Gasteiger partial charge in [-0.15, -0.1) is 0 Å². The second kappa shape index (κ2) is 6.79. The van der Waals surface area contributed by atoms with Gasteiger partial charge in [0.1, 0.15) is 0 Å².